The van der Waals surface area contributed by atoms with Gasteiger partial charge in [-0.3, -0.25) is 0 Å². The van der Waals surface area contributed by atoms with Crippen molar-refractivity contribution in [3.8, 4) is 22.2 Å². The molecule has 0 aliphatic heterocycles. The molecule has 0 saturated heterocycles. The highest BCUT2D eigenvalue weighted by atomic mass is 32.1. The second kappa shape index (κ2) is 4.10. The Balaban J connectivity index is 2.04. The van der Waals surface area contributed by atoms with E-state index >= 15 is 0 Å². The SMILES string of the molecule is Fc1ccccc1-c1nc(-c2cccs2)no1. The van der Waals surface area contributed by atoms with Crippen molar-refractivity contribution in [2.75, 3.05) is 0 Å². The van der Waals surface area contributed by atoms with Gasteiger partial charge in [-0.25, -0.2) is 4.39 Å². The highest BCUT2D eigenvalue weighted by Crippen LogP contribution is 2.26. The van der Waals surface area contributed by atoms with Crippen LogP contribution in [0.2, 0.25) is 0 Å². The van der Waals surface area contributed by atoms with Crippen LogP contribution in [0.25, 0.3) is 22.2 Å². The number of hydrogen-bond donors (Lipinski definition) is 0. The van der Waals surface area contributed by atoms with E-state index in [4.69, 9.17) is 4.52 Å². The molecule has 5 heteroatoms. The molecule has 1 aromatic carbocycles. The summed E-state index contributed by atoms with van der Waals surface area (Å²) in [6.07, 6.45) is 0. The summed E-state index contributed by atoms with van der Waals surface area (Å²) in [5.41, 5.74) is 0.322. The molecule has 3 nitrogen and oxygen atoms in total. The Hall–Kier alpha value is -2.01. The molecule has 0 atom stereocenters. The van der Waals surface area contributed by atoms with Gasteiger partial charge in [0.05, 0.1) is 10.4 Å². The first-order valence-corrected chi connectivity index (χ1v) is 5.85. The number of benzene rings is 1. The predicted molar refractivity (Wildman–Crippen MR) is 63.0 cm³/mol. The molecular weight excluding hydrogens is 239 g/mol. The standard InChI is InChI=1S/C12H7FN2OS/c13-9-5-2-1-4-8(9)12-14-11(15-16-12)10-6-3-7-17-10/h1-7H. The van der Waals surface area contributed by atoms with Crippen LogP contribution in [0.5, 0.6) is 0 Å². The Bertz CT molecular complexity index is 634. The van der Waals surface area contributed by atoms with Gasteiger partial charge >= 0.3 is 0 Å². The van der Waals surface area contributed by atoms with E-state index in [1.54, 1.807) is 18.2 Å². The minimum absolute atomic E-state index is 0.200. The molecule has 2 heterocycles. The van der Waals surface area contributed by atoms with Crippen molar-refractivity contribution in [2.24, 2.45) is 0 Å². The monoisotopic (exact) mass is 246 g/mol. The zero-order valence-corrected chi connectivity index (χ0v) is 9.45. The summed E-state index contributed by atoms with van der Waals surface area (Å²) in [4.78, 5) is 5.08. The first kappa shape index (κ1) is 10.2. The Morgan fingerprint density at radius 1 is 1.12 bits per heavy atom. The molecule has 2 aromatic heterocycles. The predicted octanol–water partition coefficient (Wildman–Crippen LogP) is 3.60. The van der Waals surface area contributed by atoms with Crippen LogP contribution < -0.4 is 0 Å². The lowest BCUT2D eigenvalue weighted by molar-refractivity contribution is 0.430. The van der Waals surface area contributed by atoms with Gasteiger partial charge in [0.25, 0.3) is 5.89 Å². The molecule has 0 amide bonds. The second-order valence-corrected chi connectivity index (χ2v) is 4.33. The molecular formula is C12H7FN2OS. The summed E-state index contributed by atoms with van der Waals surface area (Å²) in [6.45, 7) is 0. The lowest BCUT2D eigenvalue weighted by atomic mass is 10.2. The van der Waals surface area contributed by atoms with E-state index in [9.17, 15) is 4.39 Å². The van der Waals surface area contributed by atoms with E-state index in [0.717, 1.165) is 4.88 Å². The third-order valence-corrected chi connectivity index (χ3v) is 3.14. The number of aromatic nitrogens is 2. The number of hydrogen-bond acceptors (Lipinski definition) is 4. The maximum absolute atomic E-state index is 13.5. The molecule has 0 bridgehead atoms. The van der Waals surface area contributed by atoms with E-state index in [0.29, 0.717) is 11.4 Å². The van der Waals surface area contributed by atoms with Gasteiger partial charge < -0.3 is 4.52 Å². The number of thiophene rings is 1. The smallest absolute Gasteiger partial charge is 0.261 e. The van der Waals surface area contributed by atoms with Gasteiger partial charge in [0.2, 0.25) is 5.82 Å². The molecule has 0 aliphatic carbocycles. The van der Waals surface area contributed by atoms with Crippen molar-refractivity contribution in [2.45, 2.75) is 0 Å². The van der Waals surface area contributed by atoms with Crippen LogP contribution in [0, 0.1) is 5.82 Å². The molecule has 3 aromatic rings. The number of halogens is 1. The molecule has 0 aliphatic rings. The van der Waals surface area contributed by atoms with Crippen LogP contribution >= 0.6 is 11.3 Å². The minimum atomic E-state index is -0.367. The van der Waals surface area contributed by atoms with E-state index in [1.165, 1.54) is 17.4 Å². The largest absolute Gasteiger partial charge is 0.333 e. The normalized spacial score (nSPS) is 10.6. The van der Waals surface area contributed by atoms with Crippen molar-refractivity contribution < 1.29 is 8.91 Å². The van der Waals surface area contributed by atoms with Crippen LogP contribution in [-0.2, 0) is 0 Å². The zero-order chi connectivity index (χ0) is 11.7. The maximum atomic E-state index is 13.5. The fourth-order valence-corrected chi connectivity index (χ4v) is 2.12. The van der Waals surface area contributed by atoms with Gasteiger partial charge in [-0.1, -0.05) is 23.4 Å². The lowest BCUT2D eigenvalue weighted by Crippen LogP contribution is -1.83. The van der Waals surface area contributed by atoms with Gasteiger partial charge in [0.1, 0.15) is 5.82 Å². The van der Waals surface area contributed by atoms with Gasteiger partial charge in [-0.2, -0.15) is 4.98 Å². The van der Waals surface area contributed by atoms with E-state index in [2.05, 4.69) is 10.1 Å². The fraction of sp³-hybridized carbons (Fsp3) is 0. The molecule has 0 spiro atoms. The second-order valence-electron chi connectivity index (χ2n) is 3.38. The van der Waals surface area contributed by atoms with Crippen molar-refractivity contribution in [3.05, 3.63) is 47.6 Å². The quantitative estimate of drug-likeness (QED) is 0.693. The fourth-order valence-electron chi connectivity index (χ4n) is 1.47. The molecule has 0 N–H and O–H groups in total. The van der Waals surface area contributed by atoms with E-state index < -0.39 is 0 Å². The highest BCUT2D eigenvalue weighted by molar-refractivity contribution is 7.13. The number of rotatable bonds is 2. The molecule has 0 unspecified atom stereocenters. The third kappa shape index (κ3) is 1.85. The van der Waals surface area contributed by atoms with Crippen LogP contribution in [-0.4, -0.2) is 10.1 Å². The molecule has 3 rings (SSSR count). The summed E-state index contributed by atoms with van der Waals surface area (Å²) in [6, 6.07) is 10.1. The average molecular weight is 246 g/mol. The summed E-state index contributed by atoms with van der Waals surface area (Å²) in [5.74, 6) is 0.318. The van der Waals surface area contributed by atoms with Crippen molar-refractivity contribution in [1.29, 1.82) is 0 Å². The van der Waals surface area contributed by atoms with E-state index in [1.807, 2.05) is 17.5 Å². The Morgan fingerprint density at radius 2 is 2.00 bits per heavy atom. The summed E-state index contributed by atoms with van der Waals surface area (Å²) in [7, 11) is 0. The van der Waals surface area contributed by atoms with Gasteiger partial charge in [-0.15, -0.1) is 11.3 Å². The van der Waals surface area contributed by atoms with Gasteiger partial charge in [-0.05, 0) is 23.6 Å². The summed E-state index contributed by atoms with van der Waals surface area (Å²) >= 11 is 1.51. The van der Waals surface area contributed by atoms with Gasteiger partial charge in [0, 0.05) is 0 Å². The molecule has 0 radical (unpaired) electrons. The zero-order valence-electron chi connectivity index (χ0n) is 8.63. The molecule has 0 saturated carbocycles. The third-order valence-electron chi connectivity index (χ3n) is 2.27. The van der Waals surface area contributed by atoms with Crippen molar-refractivity contribution in [1.82, 2.24) is 10.1 Å². The minimum Gasteiger partial charge on any atom is -0.333 e. The van der Waals surface area contributed by atoms with E-state index in [-0.39, 0.29) is 11.7 Å². The van der Waals surface area contributed by atoms with Crippen LogP contribution in [0.15, 0.2) is 46.3 Å². The molecule has 84 valence electrons. The summed E-state index contributed by atoms with van der Waals surface area (Å²) in [5, 5.41) is 5.76. The Labute approximate surface area is 101 Å². The van der Waals surface area contributed by atoms with Crippen molar-refractivity contribution >= 4 is 11.3 Å². The average Bonchev–Trinajstić information content (AvgIpc) is 3.00. The number of nitrogens with zero attached hydrogens (tertiary/aromatic N) is 2. The Kier molecular flexibility index (Phi) is 2.45. The van der Waals surface area contributed by atoms with Crippen molar-refractivity contribution in [3.63, 3.8) is 0 Å². The lowest BCUT2D eigenvalue weighted by Gasteiger charge is -1.94. The summed E-state index contributed by atoms with van der Waals surface area (Å²) < 4.78 is 18.6. The Morgan fingerprint density at radius 3 is 2.76 bits per heavy atom. The first-order valence-electron chi connectivity index (χ1n) is 4.97. The molecule has 17 heavy (non-hydrogen) atoms. The molecule has 0 fully saturated rings. The van der Waals surface area contributed by atoms with Crippen LogP contribution in [0.3, 0.4) is 0 Å². The topological polar surface area (TPSA) is 38.9 Å². The maximum Gasteiger partial charge on any atom is 0.261 e. The van der Waals surface area contributed by atoms with Gasteiger partial charge in [0.15, 0.2) is 0 Å². The highest BCUT2D eigenvalue weighted by Gasteiger charge is 2.13. The van der Waals surface area contributed by atoms with Crippen LogP contribution in [0.1, 0.15) is 0 Å². The van der Waals surface area contributed by atoms with Crippen LogP contribution in [0.4, 0.5) is 4.39 Å². The first-order chi connectivity index (χ1) is 8.34.